The van der Waals surface area contributed by atoms with Crippen LogP contribution in [0.25, 0.3) is 11.3 Å². The van der Waals surface area contributed by atoms with Gasteiger partial charge in [-0.2, -0.15) is 5.10 Å². The van der Waals surface area contributed by atoms with Crippen molar-refractivity contribution in [1.82, 2.24) is 9.78 Å². The van der Waals surface area contributed by atoms with Crippen molar-refractivity contribution in [1.29, 1.82) is 0 Å². The molecule has 0 spiro atoms. The van der Waals surface area contributed by atoms with E-state index in [0.717, 1.165) is 11.3 Å². The lowest BCUT2D eigenvalue weighted by atomic mass is 10.1. The monoisotopic (exact) mass is 371 g/mol. The van der Waals surface area contributed by atoms with Crippen molar-refractivity contribution < 1.29 is 14.3 Å². The molecule has 3 aromatic rings. The normalized spacial score (nSPS) is 10.5. The molecule has 0 unspecified atom stereocenters. The molecule has 0 aliphatic heterocycles. The summed E-state index contributed by atoms with van der Waals surface area (Å²) >= 11 is 6.01. The molecule has 0 saturated heterocycles. The van der Waals surface area contributed by atoms with Crippen molar-refractivity contribution in [2.24, 2.45) is 7.05 Å². The molecule has 0 bridgehead atoms. The highest BCUT2D eigenvalue weighted by Crippen LogP contribution is 2.29. The summed E-state index contributed by atoms with van der Waals surface area (Å²) in [6.07, 6.45) is 0. The first kappa shape index (κ1) is 17.8. The molecule has 26 heavy (non-hydrogen) atoms. The quantitative estimate of drug-likeness (QED) is 0.736. The number of nitrogens with one attached hydrogen (secondary N) is 1. The van der Waals surface area contributed by atoms with Gasteiger partial charge < -0.3 is 14.8 Å². The standard InChI is InChI=1S/C19H18ClN3O3/c1-23-17(11-15(22-23)12-5-4-6-14(9-12)25-2)19(24)21-16-10-13(20)7-8-18(16)26-3/h4-11H,1-3H3,(H,21,24). The van der Waals surface area contributed by atoms with E-state index in [-0.39, 0.29) is 5.91 Å². The lowest BCUT2D eigenvalue weighted by Gasteiger charge is -2.10. The number of carbonyl (C=O) groups excluding carboxylic acids is 1. The Balaban J connectivity index is 1.89. The maximum Gasteiger partial charge on any atom is 0.274 e. The van der Waals surface area contributed by atoms with Gasteiger partial charge in [-0.05, 0) is 36.4 Å². The Morgan fingerprint density at radius 3 is 2.65 bits per heavy atom. The number of hydrogen-bond donors (Lipinski definition) is 1. The molecule has 0 aliphatic carbocycles. The van der Waals surface area contributed by atoms with Gasteiger partial charge in [-0.1, -0.05) is 23.7 Å². The van der Waals surface area contributed by atoms with Crippen LogP contribution in [-0.2, 0) is 7.05 Å². The zero-order valence-electron chi connectivity index (χ0n) is 14.6. The second-order valence-corrected chi connectivity index (χ2v) is 6.01. The lowest BCUT2D eigenvalue weighted by Crippen LogP contribution is -2.16. The summed E-state index contributed by atoms with van der Waals surface area (Å²) in [6, 6.07) is 14.3. The molecular weight excluding hydrogens is 354 g/mol. The van der Waals surface area contributed by atoms with Crippen LogP contribution in [0, 0.1) is 0 Å². The van der Waals surface area contributed by atoms with Gasteiger partial charge in [-0.3, -0.25) is 9.48 Å². The molecule has 0 atom stereocenters. The van der Waals surface area contributed by atoms with Crippen molar-refractivity contribution in [3.8, 4) is 22.8 Å². The number of aryl methyl sites for hydroxylation is 1. The van der Waals surface area contributed by atoms with Crippen LogP contribution < -0.4 is 14.8 Å². The van der Waals surface area contributed by atoms with Crippen LogP contribution in [0.15, 0.2) is 48.5 Å². The van der Waals surface area contributed by atoms with E-state index in [1.54, 1.807) is 38.4 Å². The molecular formula is C19H18ClN3O3. The number of halogens is 1. The first-order valence-electron chi connectivity index (χ1n) is 7.85. The highest BCUT2D eigenvalue weighted by atomic mass is 35.5. The van der Waals surface area contributed by atoms with Crippen LogP contribution in [0.4, 0.5) is 5.69 Å². The SMILES string of the molecule is COc1cccc(-c2cc(C(=O)Nc3cc(Cl)ccc3OC)n(C)n2)c1. The van der Waals surface area contributed by atoms with E-state index in [1.165, 1.54) is 11.8 Å². The van der Waals surface area contributed by atoms with Gasteiger partial charge in [0.2, 0.25) is 0 Å². The molecule has 1 heterocycles. The topological polar surface area (TPSA) is 65.4 Å². The molecule has 7 heteroatoms. The number of hydrogen-bond acceptors (Lipinski definition) is 4. The summed E-state index contributed by atoms with van der Waals surface area (Å²) in [7, 11) is 4.85. The fourth-order valence-electron chi connectivity index (χ4n) is 2.57. The number of carbonyl (C=O) groups is 1. The molecule has 1 amide bonds. The third-order valence-electron chi connectivity index (χ3n) is 3.89. The van der Waals surface area contributed by atoms with Gasteiger partial charge in [-0.15, -0.1) is 0 Å². The maximum absolute atomic E-state index is 12.7. The van der Waals surface area contributed by atoms with Gasteiger partial charge in [0.25, 0.3) is 5.91 Å². The number of nitrogens with zero attached hydrogens (tertiary/aromatic N) is 2. The van der Waals surface area contributed by atoms with E-state index in [1.807, 2.05) is 24.3 Å². The minimum absolute atomic E-state index is 0.310. The zero-order chi connectivity index (χ0) is 18.7. The number of benzene rings is 2. The van der Waals surface area contributed by atoms with Crippen LogP contribution in [0.2, 0.25) is 5.02 Å². The van der Waals surface area contributed by atoms with E-state index < -0.39 is 0 Å². The van der Waals surface area contributed by atoms with Crippen molar-refractivity contribution in [3.05, 3.63) is 59.2 Å². The van der Waals surface area contributed by atoms with E-state index in [2.05, 4.69) is 10.4 Å². The number of methoxy groups -OCH3 is 2. The highest BCUT2D eigenvalue weighted by molar-refractivity contribution is 6.31. The van der Waals surface area contributed by atoms with Crippen molar-refractivity contribution in [2.45, 2.75) is 0 Å². The number of ether oxygens (including phenoxy) is 2. The Kier molecular flexibility index (Phi) is 5.14. The number of rotatable bonds is 5. The number of aromatic nitrogens is 2. The molecule has 6 nitrogen and oxygen atoms in total. The Bertz CT molecular complexity index is 953. The molecule has 0 saturated carbocycles. The third-order valence-corrected chi connectivity index (χ3v) is 4.12. The summed E-state index contributed by atoms with van der Waals surface area (Å²) in [5, 5.41) is 7.74. The summed E-state index contributed by atoms with van der Waals surface area (Å²) in [5.74, 6) is 0.940. The Labute approximate surface area is 156 Å². The van der Waals surface area contributed by atoms with Gasteiger partial charge in [-0.25, -0.2) is 0 Å². The fraction of sp³-hybridized carbons (Fsp3) is 0.158. The van der Waals surface area contributed by atoms with Gasteiger partial charge in [0.05, 0.1) is 25.6 Å². The zero-order valence-corrected chi connectivity index (χ0v) is 15.4. The molecule has 134 valence electrons. The largest absolute Gasteiger partial charge is 0.497 e. The number of amides is 1. The van der Waals surface area contributed by atoms with Gasteiger partial charge in [0, 0.05) is 17.6 Å². The second kappa shape index (κ2) is 7.49. The molecule has 2 aromatic carbocycles. The number of anilines is 1. The predicted molar refractivity (Wildman–Crippen MR) is 101 cm³/mol. The fourth-order valence-corrected chi connectivity index (χ4v) is 2.74. The smallest absolute Gasteiger partial charge is 0.274 e. The average Bonchev–Trinajstić information content (AvgIpc) is 3.04. The first-order valence-corrected chi connectivity index (χ1v) is 8.23. The Morgan fingerprint density at radius 1 is 1.12 bits per heavy atom. The molecule has 1 N–H and O–H groups in total. The van der Waals surface area contributed by atoms with Crippen LogP contribution in [-0.4, -0.2) is 29.9 Å². The van der Waals surface area contributed by atoms with E-state index >= 15 is 0 Å². The molecule has 0 radical (unpaired) electrons. The van der Waals surface area contributed by atoms with Crippen molar-refractivity contribution >= 4 is 23.2 Å². The molecule has 0 aliphatic rings. The predicted octanol–water partition coefficient (Wildman–Crippen LogP) is 4.01. The molecule has 0 fully saturated rings. The highest BCUT2D eigenvalue weighted by Gasteiger charge is 2.16. The van der Waals surface area contributed by atoms with E-state index in [0.29, 0.717) is 27.8 Å². The lowest BCUT2D eigenvalue weighted by molar-refractivity contribution is 0.101. The second-order valence-electron chi connectivity index (χ2n) is 5.57. The summed E-state index contributed by atoms with van der Waals surface area (Å²) in [6.45, 7) is 0. The van der Waals surface area contributed by atoms with Gasteiger partial charge in [0.15, 0.2) is 0 Å². The van der Waals surface area contributed by atoms with Crippen molar-refractivity contribution in [2.75, 3.05) is 19.5 Å². The van der Waals surface area contributed by atoms with Crippen molar-refractivity contribution in [3.63, 3.8) is 0 Å². The van der Waals surface area contributed by atoms with Crippen LogP contribution in [0.1, 0.15) is 10.5 Å². The molecule has 3 rings (SSSR count). The van der Waals surface area contributed by atoms with E-state index in [9.17, 15) is 4.79 Å². The summed E-state index contributed by atoms with van der Waals surface area (Å²) < 4.78 is 12.0. The first-order chi connectivity index (χ1) is 12.5. The molecule has 1 aromatic heterocycles. The van der Waals surface area contributed by atoms with Crippen LogP contribution >= 0.6 is 11.6 Å². The Morgan fingerprint density at radius 2 is 1.92 bits per heavy atom. The Hall–Kier alpha value is -2.99. The third kappa shape index (κ3) is 3.65. The minimum Gasteiger partial charge on any atom is -0.497 e. The van der Waals surface area contributed by atoms with Gasteiger partial charge in [0.1, 0.15) is 17.2 Å². The summed E-state index contributed by atoms with van der Waals surface area (Å²) in [4.78, 5) is 12.7. The van der Waals surface area contributed by atoms with Gasteiger partial charge >= 0.3 is 0 Å². The van der Waals surface area contributed by atoms with E-state index in [4.69, 9.17) is 21.1 Å². The maximum atomic E-state index is 12.7. The summed E-state index contributed by atoms with van der Waals surface area (Å²) in [5.41, 5.74) is 2.44. The van der Waals surface area contributed by atoms with Crippen LogP contribution in [0.3, 0.4) is 0 Å². The minimum atomic E-state index is -0.310. The average molecular weight is 372 g/mol. The van der Waals surface area contributed by atoms with Crippen LogP contribution in [0.5, 0.6) is 11.5 Å².